The minimum absolute atomic E-state index is 0.111. The zero-order valence-corrected chi connectivity index (χ0v) is 9.68. The van der Waals surface area contributed by atoms with Crippen LogP contribution in [0.5, 0.6) is 0 Å². The van der Waals surface area contributed by atoms with Crippen molar-refractivity contribution in [2.75, 3.05) is 0 Å². The number of likely N-dealkylation sites (tertiary alicyclic amines) is 1. The first-order valence-electron chi connectivity index (χ1n) is 5.64. The fraction of sp³-hybridized carbons (Fsp3) is 0.385. The van der Waals surface area contributed by atoms with E-state index in [1.165, 1.54) is 4.90 Å². The van der Waals surface area contributed by atoms with Crippen LogP contribution in [0.25, 0.3) is 0 Å². The Labute approximate surface area is 99.9 Å². The summed E-state index contributed by atoms with van der Waals surface area (Å²) in [6.45, 7) is 2.33. The van der Waals surface area contributed by atoms with Crippen molar-refractivity contribution in [3.63, 3.8) is 0 Å². The van der Waals surface area contributed by atoms with Gasteiger partial charge in [0.1, 0.15) is 0 Å². The summed E-state index contributed by atoms with van der Waals surface area (Å²) in [7, 11) is 0. The van der Waals surface area contributed by atoms with Crippen molar-refractivity contribution >= 4 is 11.9 Å². The molecule has 1 unspecified atom stereocenters. The predicted molar refractivity (Wildman–Crippen MR) is 59.8 cm³/mol. The van der Waals surface area contributed by atoms with Gasteiger partial charge in [-0.15, -0.1) is 0 Å². The zero-order chi connectivity index (χ0) is 12.4. The number of aryl methyl sites for hydroxylation is 1. The summed E-state index contributed by atoms with van der Waals surface area (Å²) in [5.74, 6) is -1.28. The van der Waals surface area contributed by atoms with E-state index in [-0.39, 0.29) is 5.91 Å². The number of carboxylic acids is 1. The van der Waals surface area contributed by atoms with Gasteiger partial charge < -0.3 is 14.8 Å². The number of aliphatic carboxylic acids is 1. The van der Waals surface area contributed by atoms with E-state index in [0.717, 1.165) is 11.1 Å². The summed E-state index contributed by atoms with van der Waals surface area (Å²) in [4.78, 5) is 23.9. The average molecular weight is 232 g/mol. The van der Waals surface area contributed by atoms with Crippen LogP contribution in [0.3, 0.4) is 0 Å². The number of rotatable bonds is 3. The maximum absolute atomic E-state index is 11.6. The molecule has 4 nitrogen and oxygen atoms in total. The van der Waals surface area contributed by atoms with Crippen LogP contribution in [0, 0.1) is 6.92 Å². The minimum Gasteiger partial charge on any atom is -0.548 e. The number of hydrogen-bond acceptors (Lipinski definition) is 3. The Kier molecular flexibility index (Phi) is 3.13. The maximum atomic E-state index is 11.6. The van der Waals surface area contributed by atoms with E-state index >= 15 is 0 Å². The van der Waals surface area contributed by atoms with Gasteiger partial charge in [0.15, 0.2) is 0 Å². The predicted octanol–water partition coefficient (Wildman–Crippen LogP) is 0.236. The van der Waals surface area contributed by atoms with Gasteiger partial charge in [-0.1, -0.05) is 29.8 Å². The van der Waals surface area contributed by atoms with E-state index in [0.29, 0.717) is 19.4 Å². The lowest BCUT2D eigenvalue weighted by molar-refractivity contribution is -0.310. The van der Waals surface area contributed by atoms with Gasteiger partial charge in [0.05, 0.1) is 12.0 Å². The highest BCUT2D eigenvalue weighted by Gasteiger charge is 2.31. The Bertz CT molecular complexity index is 438. The van der Waals surface area contributed by atoms with Crippen LogP contribution < -0.4 is 5.11 Å². The topological polar surface area (TPSA) is 60.4 Å². The van der Waals surface area contributed by atoms with Gasteiger partial charge in [-0.05, 0) is 18.9 Å². The van der Waals surface area contributed by atoms with Gasteiger partial charge in [0.2, 0.25) is 5.91 Å². The van der Waals surface area contributed by atoms with E-state index in [1.807, 2.05) is 31.2 Å². The largest absolute Gasteiger partial charge is 0.548 e. The van der Waals surface area contributed by atoms with Crippen LogP contribution >= 0.6 is 0 Å². The molecule has 0 bridgehead atoms. The maximum Gasteiger partial charge on any atom is 0.223 e. The lowest BCUT2D eigenvalue weighted by Crippen LogP contribution is -2.45. The first-order chi connectivity index (χ1) is 8.08. The van der Waals surface area contributed by atoms with Crippen LogP contribution in [0.2, 0.25) is 0 Å². The van der Waals surface area contributed by atoms with Gasteiger partial charge in [-0.2, -0.15) is 0 Å². The molecule has 2 rings (SSSR count). The van der Waals surface area contributed by atoms with Crippen LogP contribution in [-0.4, -0.2) is 22.8 Å². The van der Waals surface area contributed by atoms with Crippen LogP contribution in [-0.2, 0) is 16.1 Å². The Morgan fingerprint density at radius 1 is 1.41 bits per heavy atom. The van der Waals surface area contributed by atoms with Crippen molar-refractivity contribution in [2.24, 2.45) is 0 Å². The monoisotopic (exact) mass is 232 g/mol. The molecule has 1 amide bonds. The highest BCUT2D eigenvalue weighted by molar-refractivity contribution is 5.86. The number of benzene rings is 1. The fourth-order valence-corrected chi connectivity index (χ4v) is 2.07. The second-order valence-electron chi connectivity index (χ2n) is 4.38. The van der Waals surface area contributed by atoms with Crippen molar-refractivity contribution in [3.8, 4) is 0 Å². The molecule has 1 atom stereocenters. The molecule has 1 fully saturated rings. The molecular formula is C13H14NO3-. The quantitative estimate of drug-likeness (QED) is 0.749. The van der Waals surface area contributed by atoms with E-state index in [4.69, 9.17) is 0 Å². The summed E-state index contributed by atoms with van der Waals surface area (Å²) in [6, 6.07) is 6.94. The van der Waals surface area contributed by atoms with E-state index in [9.17, 15) is 14.7 Å². The first kappa shape index (κ1) is 11.6. The van der Waals surface area contributed by atoms with Gasteiger partial charge >= 0.3 is 0 Å². The van der Waals surface area contributed by atoms with Gasteiger partial charge in [-0.3, -0.25) is 4.79 Å². The summed E-state index contributed by atoms with van der Waals surface area (Å²) in [5.41, 5.74) is 2.08. The van der Waals surface area contributed by atoms with Crippen molar-refractivity contribution in [2.45, 2.75) is 32.4 Å². The second-order valence-corrected chi connectivity index (χ2v) is 4.38. The average Bonchev–Trinajstić information content (AvgIpc) is 2.64. The highest BCUT2D eigenvalue weighted by atomic mass is 16.4. The molecule has 0 spiro atoms. The van der Waals surface area contributed by atoms with E-state index in [1.54, 1.807) is 0 Å². The molecule has 1 aliphatic rings. The molecule has 17 heavy (non-hydrogen) atoms. The Morgan fingerprint density at radius 2 is 2.06 bits per heavy atom. The number of carboxylic acid groups (broad SMARTS) is 1. The molecule has 4 heteroatoms. The van der Waals surface area contributed by atoms with Crippen LogP contribution in [0.1, 0.15) is 24.0 Å². The third kappa shape index (κ3) is 2.46. The molecule has 0 aromatic heterocycles. The Balaban J connectivity index is 2.13. The summed E-state index contributed by atoms with van der Waals surface area (Å²) in [6.07, 6.45) is 0.650. The molecule has 1 heterocycles. The SMILES string of the molecule is Cc1ccc(CN2C(=O)CCC2C(=O)[O-])cc1. The molecule has 1 aromatic rings. The molecular weight excluding hydrogens is 218 g/mol. The number of carbonyl (C=O) groups excluding carboxylic acids is 2. The van der Waals surface area contributed by atoms with Gasteiger partial charge in [0.25, 0.3) is 0 Å². The summed E-state index contributed by atoms with van der Waals surface area (Å²) >= 11 is 0. The van der Waals surface area contributed by atoms with Crippen molar-refractivity contribution in [1.82, 2.24) is 4.90 Å². The minimum atomic E-state index is -1.16. The molecule has 1 aliphatic heterocycles. The van der Waals surface area contributed by atoms with Crippen molar-refractivity contribution in [1.29, 1.82) is 0 Å². The molecule has 0 N–H and O–H groups in total. The normalized spacial score (nSPS) is 19.7. The van der Waals surface area contributed by atoms with Crippen LogP contribution in [0.4, 0.5) is 0 Å². The zero-order valence-electron chi connectivity index (χ0n) is 9.68. The lowest BCUT2D eigenvalue weighted by Gasteiger charge is -2.25. The summed E-state index contributed by atoms with van der Waals surface area (Å²) < 4.78 is 0. The lowest BCUT2D eigenvalue weighted by atomic mass is 10.1. The number of amides is 1. The summed E-state index contributed by atoms with van der Waals surface area (Å²) in [5, 5.41) is 10.9. The third-order valence-electron chi connectivity index (χ3n) is 3.07. The third-order valence-corrected chi connectivity index (χ3v) is 3.07. The molecule has 1 aromatic carbocycles. The standard InChI is InChI=1S/C13H15NO3/c1-9-2-4-10(5-3-9)8-14-11(13(16)17)6-7-12(14)15/h2-5,11H,6-8H2,1H3,(H,16,17)/p-1. The fourth-order valence-electron chi connectivity index (χ4n) is 2.07. The molecule has 0 saturated carbocycles. The van der Waals surface area contributed by atoms with Crippen molar-refractivity contribution in [3.05, 3.63) is 35.4 Å². The smallest absolute Gasteiger partial charge is 0.223 e. The second kappa shape index (κ2) is 4.57. The van der Waals surface area contributed by atoms with Gasteiger partial charge in [-0.25, -0.2) is 0 Å². The molecule has 0 radical (unpaired) electrons. The Morgan fingerprint density at radius 3 is 2.65 bits per heavy atom. The molecule has 1 saturated heterocycles. The number of carbonyl (C=O) groups is 2. The highest BCUT2D eigenvalue weighted by Crippen LogP contribution is 2.21. The number of nitrogens with zero attached hydrogens (tertiary/aromatic N) is 1. The van der Waals surface area contributed by atoms with E-state index < -0.39 is 12.0 Å². The molecule has 0 aliphatic carbocycles. The van der Waals surface area contributed by atoms with Gasteiger partial charge in [0, 0.05) is 13.0 Å². The van der Waals surface area contributed by atoms with Crippen LogP contribution in [0.15, 0.2) is 24.3 Å². The van der Waals surface area contributed by atoms with E-state index in [2.05, 4.69) is 0 Å². The molecule has 90 valence electrons. The first-order valence-corrected chi connectivity index (χ1v) is 5.64. The Hall–Kier alpha value is -1.84. The number of hydrogen-bond donors (Lipinski definition) is 0. The van der Waals surface area contributed by atoms with Crippen molar-refractivity contribution < 1.29 is 14.7 Å².